The Labute approximate surface area is 144 Å². The van der Waals surface area contributed by atoms with Crippen LogP contribution in [0.15, 0.2) is 28.7 Å². The van der Waals surface area contributed by atoms with E-state index in [1.807, 2.05) is 0 Å². The SMILES string of the molecule is COc1ccccc1C(=O)NC(=O)COC(=O)c1c(C)oc(C)c1C. The monoisotopic (exact) mass is 345 g/mol. The van der Waals surface area contributed by atoms with Crippen LogP contribution in [0.4, 0.5) is 0 Å². The lowest BCUT2D eigenvalue weighted by Gasteiger charge is -2.08. The molecule has 2 amide bonds. The molecule has 1 aromatic heterocycles. The number of amides is 2. The molecule has 0 saturated carbocycles. The number of aryl methyl sites for hydroxylation is 2. The highest BCUT2D eigenvalue weighted by molar-refractivity contribution is 6.07. The second kappa shape index (κ2) is 7.65. The fourth-order valence-corrected chi connectivity index (χ4v) is 2.36. The van der Waals surface area contributed by atoms with Crippen LogP contribution in [0.5, 0.6) is 5.75 Å². The van der Waals surface area contributed by atoms with Crippen molar-refractivity contribution < 1.29 is 28.3 Å². The molecule has 0 spiro atoms. The first-order valence-corrected chi connectivity index (χ1v) is 7.56. The van der Waals surface area contributed by atoms with E-state index in [1.165, 1.54) is 13.2 Å². The molecule has 0 fully saturated rings. The minimum atomic E-state index is -0.736. The molecule has 1 heterocycles. The van der Waals surface area contributed by atoms with Gasteiger partial charge in [0, 0.05) is 5.56 Å². The fourth-order valence-electron chi connectivity index (χ4n) is 2.36. The lowest BCUT2D eigenvalue weighted by molar-refractivity contribution is -0.123. The number of rotatable bonds is 5. The molecule has 7 nitrogen and oxygen atoms in total. The highest BCUT2D eigenvalue weighted by Gasteiger charge is 2.21. The second-order valence-electron chi connectivity index (χ2n) is 5.37. The summed E-state index contributed by atoms with van der Waals surface area (Å²) in [5.41, 5.74) is 1.16. The maximum absolute atomic E-state index is 12.1. The van der Waals surface area contributed by atoms with Gasteiger partial charge in [0.2, 0.25) is 0 Å². The molecular weight excluding hydrogens is 326 g/mol. The van der Waals surface area contributed by atoms with Crippen molar-refractivity contribution in [1.29, 1.82) is 0 Å². The largest absolute Gasteiger partial charge is 0.496 e. The summed E-state index contributed by atoms with van der Waals surface area (Å²) in [7, 11) is 1.42. The lowest BCUT2D eigenvalue weighted by atomic mass is 10.1. The molecule has 0 aliphatic rings. The molecule has 0 bridgehead atoms. The van der Waals surface area contributed by atoms with Crippen LogP contribution in [-0.4, -0.2) is 31.5 Å². The highest BCUT2D eigenvalue weighted by atomic mass is 16.5. The first kappa shape index (κ1) is 18.3. The van der Waals surface area contributed by atoms with Crippen molar-refractivity contribution in [2.75, 3.05) is 13.7 Å². The molecule has 2 aromatic rings. The van der Waals surface area contributed by atoms with Gasteiger partial charge in [-0.1, -0.05) is 12.1 Å². The van der Waals surface area contributed by atoms with Gasteiger partial charge in [0.15, 0.2) is 6.61 Å². The Morgan fingerprint density at radius 1 is 1.08 bits per heavy atom. The normalized spacial score (nSPS) is 10.2. The molecular formula is C18H19NO6. The number of nitrogens with one attached hydrogen (secondary N) is 1. The van der Waals surface area contributed by atoms with E-state index in [2.05, 4.69) is 5.32 Å². The average molecular weight is 345 g/mol. The van der Waals surface area contributed by atoms with Gasteiger partial charge in [-0.25, -0.2) is 4.79 Å². The van der Waals surface area contributed by atoms with Crippen molar-refractivity contribution >= 4 is 17.8 Å². The fraction of sp³-hybridized carbons (Fsp3) is 0.278. The molecule has 0 saturated heterocycles. The van der Waals surface area contributed by atoms with Crippen molar-refractivity contribution in [1.82, 2.24) is 5.32 Å². The van der Waals surface area contributed by atoms with E-state index in [4.69, 9.17) is 13.9 Å². The van der Waals surface area contributed by atoms with Crippen LogP contribution in [0.2, 0.25) is 0 Å². The van der Waals surface area contributed by atoms with E-state index < -0.39 is 24.4 Å². The number of hydrogen-bond acceptors (Lipinski definition) is 6. The molecule has 132 valence electrons. The molecule has 7 heteroatoms. The van der Waals surface area contributed by atoms with Crippen LogP contribution >= 0.6 is 0 Å². The second-order valence-corrected chi connectivity index (χ2v) is 5.37. The van der Waals surface area contributed by atoms with E-state index in [9.17, 15) is 14.4 Å². The van der Waals surface area contributed by atoms with Gasteiger partial charge >= 0.3 is 5.97 Å². The van der Waals surface area contributed by atoms with Crippen LogP contribution in [0.1, 0.15) is 37.8 Å². The quantitative estimate of drug-likeness (QED) is 0.836. The molecule has 1 N–H and O–H groups in total. The Balaban J connectivity index is 1.96. The van der Waals surface area contributed by atoms with E-state index in [1.54, 1.807) is 39.0 Å². The van der Waals surface area contributed by atoms with Gasteiger partial charge in [-0.15, -0.1) is 0 Å². The van der Waals surface area contributed by atoms with E-state index >= 15 is 0 Å². The maximum Gasteiger partial charge on any atom is 0.342 e. The average Bonchev–Trinajstić information content (AvgIpc) is 2.84. The van der Waals surface area contributed by atoms with Crippen molar-refractivity contribution in [3.8, 4) is 5.75 Å². The predicted molar refractivity (Wildman–Crippen MR) is 88.7 cm³/mol. The van der Waals surface area contributed by atoms with Gasteiger partial charge in [-0.3, -0.25) is 14.9 Å². The number of benzene rings is 1. The van der Waals surface area contributed by atoms with E-state index in [0.717, 1.165) is 0 Å². The number of esters is 1. The summed E-state index contributed by atoms with van der Waals surface area (Å²) in [6, 6.07) is 6.48. The summed E-state index contributed by atoms with van der Waals surface area (Å²) in [6.45, 7) is 4.52. The number of imide groups is 1. The summed E-state index contributed by atoms with van der Waals surface area (Å²) < 4.78 is 15.4. The molecule has 0 radical (unpaired) electrons. The summed E-state index contributed by atoms with van der Waals surface area (Å²) >= 11 is 0. The van der Waals surface area contributed by atoms with E-state index in [0.29, 0.717) is 28.4 Å². The van der Waals surface area contributed by atoms with Gasteiger partial charge in [-0.05, 0) is 32.9 Å². The van der Waals surface area contributed by atoms with Gasteiger partial charge in [0.25, 0.3) is 11.8 Å². The van der Waals surface area contributed by atoms with Crippen LogP contribution < -0.4 is 10.1 Å². The smallest absolute Gasteiger partial charge is 0.342 e. The third-order valence-electron chi connectivity index (χ3n) is 3.70. The number of hydrogen-bond donors (Lipinski definition) is 1. The molecule has 0 aliphatic carbocycles. The highest BCUT2D eigenvalue weighted by Crippen LogP contribution is 2.21. The van der Waals surface area contributed by atoms with Crippen LogP contribution in [0.25, 0.3) is 0 Å². The molecule has 0 aliphatic heterocycles. The third kappa shape index (κ3) is 4.06. The zero-order valence-corrected chi connectivity index (χ0v) is 14.5. The summed E-state index contributed by atoms with van der Waals surface area (Å²) in [5, 5.41) is 2.15. The third-order valence-corrected chi connectivity index (χ3v) is 3.70. The van der Waals surface area contributed by atoms with Crippen LogP contribution in [0, 0.1) is 20.8 Å². The number of furan rings is 1. The molecule has 0 unspecified atom stereocenters. The van der Waals surface area contributed by atoms with E-state index in [-0.39, 0.29) is 5.56 Å². The van der Waals surface area contributed by atoms with Crippen molar-refractivity contribution in [2.24, 2.45) is 0 Å². The Hall–Kier alpha value is -3.09. The van der Waals surface area contributed by atoms with Crippen LogP contribution in [0.3, 0.4) is 0 Å². The maximum atomic E-state index is 12.1. The lowest BCUT2D eigenvalue weighted by Crippen LogP contribution is -2.34. The van der Waals surface area contributed by atoms with Gasteiger partial charge in [-0.2, -0.15) is 0 Å². The van der Waals surface area contributed by atoms with Gasteiger partial charge in [0.1, 0.15) is 22.8 Å². The Bertz CT molecular complexity index is 821. The molecule has 0 atom stereocenters. The van der Waals surface area contributed by atoms with Gasteiger partial charge < -0.3 is 13.9 Å². The minimum Gasteiger partial charge on any atom is -0.496 e. The Morgan fingerprint density at radius 3 is 2.36 bits per heavy atom. The Morgan fingerprint density at radius 2 is 1.76 bits per heavy atom. The standard InChI is InChI=1S/C18H19NO6/c1-10-11(2)25-12(3)16(10)18(22)24-9-15(20)19-17(21)13-7-5-6-8-14(13)23-4/h5-8H,9H2,1-4H3,(H,19,20,21). The molecule has 25 heavy (non-hydrogen) atoms. The summed E-state index contributed by atoms with van der Waals surface area (Å²) in [4.78, 5) is 36.1. The minimum absolute atomic E-state index is 0.210. The first-order chi connectivity index (χ1) is 11.8. The summed E-state index contributed by atoms with van der Waals surface area (Å²) in [5.74, 6) is -0.674. The first-order valence-electron chi connectivity index (χ1n) is 7.56. The number of ether oxygens (including phenoxy) is 2. The number of carbonyl (C=O) groups is 3. The number of methoxy groups -OCH3 is 1. The predicted octanol–water partition coefficient (Wildman–Crippen LogP) is 2.33. The molecule has 1 aromatic carbocycles. The van der Waals surface area contributed by atoms with Crippen molar-refractivity contribution in [3.05, 3.63) is 52.5 Å². The molecule has 2 rings (SSSR count). The van der Waals surface area contributed by atoms with Crippen molar-refractivity contribution in [2.45, 2.75) is 20.8 Å². The Kier molecular flexibility index (Phi) is 5.59. The number of carbonyl (C=O) groups excluding carboxylic acids is 3. The van der Waals surface area contributed by atoms with Gasteiger partial charge in [0.05, 0.1) is 12.7 Å². The van der Waals surface area contributed by atoms with Crippen molar-refractivity contribution in [3.63, 3.8) is 0 Å². The topological polar surface area (TPSA) is 94.8 Å². The number of para-hydroxylation sites is 1. The zero-order valence-electron chi connectivity index (χ0n) is 14.5. The summed E-state index contributed by atoms with van der Waals surface area (Å²) in [6.07, 6.45) is 0. The zero-order chi connectivity index (χ0) is 18.6. The van der Waals surface area contributed by atoms with Crippen LogP contribution in [-0.2, 0) is 9.53 Å².